The van der Waals surface area contributed by atoms with Crippen molar-refractivity contribution in [3.8, 4) is 0 Å². The normalized spacial score (nSPS) is 16.1. The third kappa shape index (κ3) is 5.21. The van der Waals surface area contributed by atoms with Gasteiger partial charge >= 0.3 is 0 Å². The predicted octanol–water partition coefficient (Wildman–Crippen LogP) is 3.13. The number of amides is 1. The molecule has 1 amide bonds. The molecule has 0 bridgehead atoms. The Labute approximate surface area is 159 Å². The minimum Gasteiger partial charge on any atom is -0.351 e. The van der Waals surface area contributed by atoms with Crippen LogP contribution in [-0.2, 0) is 6.54 Å². The van der Waals surface area contributed by atoms with Crippen LogP contribution in [0.1, 0.15) is 35.7 Å². The number of nitrogens with zero attached hydrogens (tertiary/aromatic N) is 2. The van der Waals surface area contributed by atoms with E-state index in [1.165, 1.54) is 0 Å². The highest BCUT2D eigenvalue weighted by Crippen LogP contribution is 2.26. The largest absolute Gasteiger partial charge is 0.351 e. The predicted molar refractivity (Wildman–Crippen MR) is 103 cm³/mol. The van der Waals surface area contributed by atoms with Gasteiger partial charge in [-0.25, -0.2) is 0 Å². The highest BCUT2D eigenvalue weighted by atomic mass is 35.5. The van der Waals surface area contributed by atoms with Crippen molar-refractivity contribution in [2.75, 3.05) is 19.6 Å². The number of rotatable bonds is 5. The van der Waals surface area contributed by atoms with Crippen LogP contribution in [0.2, 0.25) is 5.02 Å². The van der Waals surface area contributed by atoms with Crippen LogP contribution in [0.4, 0.5) is 0 Å². The van der Waals surface area contributed by atoms with Crippen molar-refractivity contribution in [2.45, 2.75) is 26.3 Å². The molecule has 2 N–H and O–H groups in total. The van der Waals surface area contributed by atoms with E-state index in [1.807, 2.05) is 24.3 Å². The molecule has 0 radical (unpaired) electrons. The number of aromatic nitrogens is 2. The maximum Gasteiger partial charge on any atom is 0.254 e. The third-order valence-electron chi connectivity index (χ3n) is 4.67. The smallest absolute Gasteiger partial charge is 0.254 e. The lowest BCUT2D eigenvalue weighted by Crippen LogP contribution is -2.42. The molecule has 25 heavy (non-hydrogen) atoms. The topological polar surface area (TPSA) is 59.0 Å². The average Bonchev–Trinajstić information content (AvgIpc) is 3.04. The number of halogens is 2. The number of carbonyl (C=O) groups excluding carboxylic acids is 1. The maximum absolute atomic E-state index is 12.4. The Morgan fingerprint density at radius 2 is 2.08 bits per heavy atom. The van der Waals surface area contributed by atoms with Crippen LogP contribution in [0, 0.1) is 5.41 Å². The first kappa shape index (κ1) is 19.8. The molecule has 2 aromatic rings. The zero-order valence-electron chi connectivity index (χ0n) is 14.3. The highest BCUT2D eigenvalue weighted by molar-refractivity contribution is 6.31. The molecule has 1 aromatic heterocycles. The molecule has 2 heterocycles. The van der Waals surface area contributed by atoms with Gasteiger partial charge in [-0.2, -0.15) is 5.10 Å². The van der Waals surface area contributed by atoms with Gasteiger partial charge in [0.2, 0.25) is 0 Å². The van der Waals surface area contributed by atoms with E-state index in [0.717, 1.165) is 31.5 Å². The van der Waals surface area contributed by atoms with E-state index in [-0.39, 0.29) is 23.7 Å². The summed E-state index contributed by atoms with van der Waals surface area (Å²) in [6, 6.07) is 7.66. The van der Waals surface area contributed by atoms with E-state index < -0.39 is 0 Å². The molecule has 0 saturated carbocycles. The first-order chi connectivity index (χ1) is 11.6. The Morgan fingerprint density at radius 3 is 2.80 bits per heavy atom. The second-order valence-corrected chi connectivity index (χ2v) is 7.17. The minimum absolute atomic E-state index is 0. The summed E-state index contributed by atoms with van der Waals surface area (Å²) in [7, 11) is 0. The summed E-state index contributed by atoms with van der Waals surface area (Å²) in [5.41, 5.74) is 1.74. The summed E-state index contributed by atoms with van der Waals surface area (Å²) in [4.78, 5) is 12.4. The van der Waals surface area contributed by atoms with Crippen LogP contribution in [0.5, 0.6) is 0 Å². The van der Waals surface area contributed by atoms with Crippen molar-refractivity contribution in [3.63, 3.8) is 0 Å². The highest BCUT2D eigenvalue weighted by Gasteiger charge is 2.27. The van der Waals surface area contributed by atoms with Crippen molar-refractivity contribution >= 4 is 29.9 Å². The van der Waals surface area contributed by atoms with Gasteiger partial charge < -0.3 is 10.6 Å². The fourth-order valence-electron chi connectivity index (χ4n) is 2.97. The monoisotopic (exact) mass is 382 g/mol. The number of hydrogen-bond donors (Lipinski definition) is 2. The quantitative estimate of drug-likeness (QED) is 0.834. The Hall–Kier alpha value is -1.56. The molecule has 1 aromatic carbocycles. The molecule has 0 atom stereocenters. The second-order valence-electron chi connectivity index (χ2n) is 6.76. The van der Waals surface area contributed by atoms with Crippen LogP contribution in [0.15, 0.2) is 36.7 Å². The van der Waals surface area contributed by atoms with Crippen molar-refractivity contribution in [2.24, 2.45) is 5.41 Å². The maximum atomic E-state index is 12.4. The summed E-state index contributed by atoms with van der Waals surface area (Å²) in [5.74, 6) is -0.0693. The molecule has 0 unspecified atom stereocenters. The number of hydrogen-bond acceptors (Lipinski definition) is 3. The standard InChI is InChI=1S/C18H23ClN4O.ClH/c1-18(6-8-20-9-7-18)13-21-17(24)15-10-22-23(12-15)11-14-4-2-3-5-16(14)19;/h2-5,10,12,20H,6-9,11,13H2,1H3,(H,21,24);1H. The van der Waals surface area contributed by atoms with Crippen molar-refractivity contribution in [1.82, 2.24) is 20.4 Å². The first-order valence-electron chi connectivity index (χ1n) is 8.31. The molecule has 0 aliphatic carbocycles. The molecule has 136 valence electrons. The molecule has 5 nitrogen and oxygen atoms in total. The van der Waals surface area contributed by atoms with Crippen LogP contribution < -0.4 is 10.6 Å². The lowest BCUT2D eigenvalue weighted by molar-refractivity contribution is 0.0922. The molecule has 1 aliphatic heterocycles. The second kappa shape index (κ2) is 8.70. The average molecular weight is 383 g/mol. The third-order valence-corrected chi connectivity index (χ3v) is 5.04. The molecular formula is C18H24Cl2N4O. The summed E-state index contributed by atoms with van der Waals surface area (Å²) in [6.45, 7) is 5.51. The van der Waals surface area contributed by atoms with Crippen molar-refractivity contribution in [1.29, 1.82) is 0 Å². The fraction of sp³-hybridized carbons (Fsp3) is 0.444. The number of carbonyl (C=O) groups is 1. The van der Waals surface area contributed by atoms with E-state index in [1.54, 1.807) is 17.1 Å². The Balaban J connectivity index is 0.00000225. The molecular weight excluding hydrogens is 359 g/mol. The SMILES string of the molecule is CC1(CNC(=O)c2cnn(Cc3ccccc3Cl)c2)CCNCC1.Cl. The molecule has 1 saturated heterocycles. The summed E-state index contributed by atoms with van der Waals surface area (Å²) in [5, 5.41) is 11.4. The lowest BCUT2D eigenvalue weighted by Gasteiger charge is -2.34. The van der Waals surface area contributed by atoms with E-state index in [4.69, 9.17) is 11.6 Å². The van der Waals surface area contributed by atoms with Gasteiger partial charge in [-0.1, -0.05) is 36.7 Å². The zero-order valence-corrected chi connectivity index (χ0v) is 15.9. The summed E-state index contributed by atoms with van der Waals surface area (Å²) >= 11 is 6.17. The van der Waals surface area contributed by atoms with Gasteiger partial charge in [0.25, 0.3) is 5.91 Å². The minimum atomic E-state index is -0.0693. The Kier molecular flexibility index (Phi) is 6.87. The zero-order chi connectivity index (χ0) is 17.0. The van der Waals surface area contributed by atoms with Gasteiger partial charge in [0, 0.05) is 17.8 Å². The van der Waals surface area contributed by atoms with Crippen molar-refractivity contribution < 1.29 is 4.79 Å². The van der Waals surface area contributed by atoms with E-state index in [2.05, 4.69) is 22.7 Å². The van der Waals surface area contributed by atoms with E-state index in [0.29, 0.717) is 23.7 Å². The molecule has 1 aliphatic rings. The number of piperidine rings is 1. The summed E-state index contributed by atoms with van der Waals surface area (Å²) in [6.07, 6.45) is 5.54. The van der Waals surface area contributed by atoms with Gasteiger partial charge in [0.05, 0.1) is 18.3 Å². The van der Waals surface area contributed by atoms with Gasteiger partial charge in [-0.05, 0) is 43.0 Å². The Bertz CT molecular complexity index is 711. The summed E-state index contributed by atoms with van der Waals surface area (Å²) < 4.78 is 1.74. The molecule has 1 fully saturated rings. The van der Waals surface area contributed by atoms with Crippen LogP contribution in [0.25, 0.3) is 0 Å². The number of benzene rings is 1. The van der Waals surface area contributed by atoms with Crippen LogP contribution in [-0.4, -0.2) is 35.3 Å². The van der Waals surface area contributed by atoms with Crippen molar-refractivity contribution in [3.05, 3.63) is 52.8 Å². The van der Waals surface area contributed by atoms with Gasteiger partial charge in [-0.15, -0.1) is 12.4 Å². The number of nitrogens with one attached hydrogen (secondary N) is 2. The van der Waals surface area contributed by atoms with Gasteiger partial charge in [0.1, 0.15) is 0 Å². The van der Waals surface area contributed by atoms with E-state index >= 15 is 0 Å². The molecule has 0 spiro atoms. The van der Waals surface area contributed by atoms with Gasteiger partial charge in [-0.3, -0.25) is 9.48 Å². The van der Waals surface area contributed by atoms with Crippen LogP contribution in [0.3, 0.4) is 0 Å². The van der Waals surface area contributed by atoms with Gasteiger partial charge in [0.15, 0.2) is 0 Å². The Morgan fingerprint density at radius 1 is 1.36 bits per heavy atom. The first-order valence-corrected chi connectivity index (χ1v) is 8.68. The fourth-order valence-corrected chi connectivity index (χ4v) is 3.17. The molecule has 3 rings (SSSR count). The van der Waals surface area contributed by atoms with Crippen LogP contribution >= 0.6 is 24.0 Å². The van der Waals surface area contributed by atoms with E-state index in [9.17, 15) is 4.79 Å². The molecule has 7 heteroatoms. The lowest BCUT2D eigenvalue weighted by atomic mass is 9.81.